The number of amides is 2. The van der Waals surface area contributed by atoms with Crippen molar-refractivity contribution >= 4 is 6.03 Å². The molecule has 2 N–H and O–H groups in total. The van der Waals surface area contributed by atoms with E-state index >= 15 is 0 Å². The van der Waals surface area contributed by atoms with E-state index in [2.05, 4.69) is 26.1 Å². The van der Waals surface area contributed by atoms with Gasteiger partial charge in [0.15, 0.2) is 0 Å². The SMILES string of the molecule is CC1(CO)CCCN(C(=O)NCC(C)(C)C2CCCCC2)C1. The van der Waals surface area contributed by atoms with Crippen LogP contribution in [0, 0.1) is 16.7 Å². The summed E-state index contributed by atoms with van der Waals surface area (Å²) >= 11 is 0. The number of aliphatic hydroxyl groups is 1. The second kappa shape index (κ2) is 7.20. The molecule has 1 saturated carbocycles. The van der Waals surface area contributed by atoms with Crippen molar-refractivity contribution in [3.63, 3.8) is 0 Å². The molecule has 22 heavy (non-hydrogen) atoms. The van der Waals surface area contributed by atoms with Crippen molar-refractivity contribution < 1.29 is 9.90 Å². The second-order valence-corrected chi connectivity index (χ2v) is 8.48. The molecule has 1 aliphatic carbocycles. The Balaban J connectivity index is 1.83. The van der Waals surface area contributed by atoms with Crippen LogP contribution in [-0.2, 0) is 0 Å². The van der Waals surface area contributed by atoms with E-state index in [1.807, 2.05) is 4.90 Å². The summed E-state index contributed by atoms with van der Waals surface area (Å²) in [6.07, 6.45) is 8.63. The number of rotatable bonds is 4. The molecule has 0 spiro atoms. The topological polar surface area (TPSA) is 52.6 Å². The number of hydrogen-bond donors (Lipinski definition) is 2. The lowest BCUT2D eigenvalue weighted by molar-refractivity contribution is 0.0597. The summed E-state index contributed by atoms with van der Waals surface area (Å²) in [5.41, 5.74) is 0.0423. The standard InChI is InChI=1S/C18H34N2O2/c1-17(2,15-8-5-4-6-9-15)12-19-16(22)20-11-7-10-18(3,13-20)14-21/h15,21H,4-14H2,1-3H3,(H,19,22). The molecule has 4 nitrogen and oxygen atoms in total. The summed E-state index contributed by atoms with van der Waals surface area (Å²) in [7, 11) is 0. The Morgan fingerprint density at radius 3 is 2.59 bits per heavy atom. The molecule has 1 heterocycles. The van der Waals surface area contributed by atoms with Gasteiger partial charge in [0.25, 0.3) is 0 Å². The maximum Gasteiger partial charge on any atom is 0.317 e. The van der Waals surface area contributed by atoms with Crippen molar-refractivity contribution in [1.82, 2.24) is 10.2 Å². The number of likely N-dealkylation sites (tertiary alicyclic amines) is 1. The lowest BCUT2D eigenvalue weighted by Crippen LogP contribution is -2.51. The zero-order chi connectivity index (χ0) is 16.2. The Labute approximate surface area is 135 Å². The summed E-state index contributed by atoms with van der Waals surface area (Å²) in [5.74, 6) is 0.727. The summed E-state index contributed by atoms with van der Waals surface area (Å²) in [4.78, 5) is 14.4. The minimum atomic E-state index is -0.130. The Morgan fingerprint density at radius 2 is 1.95 bits per heavy atom. The molecule has 1 aliphatic heterocycles. The van der Waals surface area contributed by atoms with Crippen molar-refractivity contribution in [2.75, 3.05) is 26.2 Å². The van der Waals surface area contributed by atoms with Crippen molar-refractivity contribution in [2.24, 2.45) is 16.7 Å². The van der Waals surface area contributed by atoms with Crippen LogP contribution in [0.5, 0.6) is 0 Å². The third kappa shape index (κ3) is 4.37. The fourth-order valence-corrected chi connectivity index (χ4v) is 4.06. The van der Waals surface area contributed by atoms with Gasteiger partial charge in [-0.1, -0.05) is 40.0 Å². The van der Waals surface area contributed by atoms with Crippen LogP contribution in [0.4, 0.5) is 4.79 Å². The third-order valence-electron chi connectivity index (χ3n) is 5.86. The highest BCUT2D eigenvalue weighted by molar-refractivity contribution is 5.74. The smallest absolute Gasteiger partial charge is 0.317 e. The van der Waals surface area contributed by atoms with Gasteiger partial charge in [-0.25, -0.2) is 4.79 Å². The maximum absolute atomic E-state index is 12.5. The molecule has 0 bridgehead atoms. The molecule has 0 aromatic heterocycles. The predicted octanol–water partition coefficient (Wildman–Crippen LogP) is 3.40. The van der Waals surface area contributed by atoms with E-state index in [4.69, 9.17) is 0 Å². The van der Waals surface area contributed by atoms with Gasteiger partial charge in [-0.15, -0.1) is 0 Å². The first kappa shape index (κ1) is 17.6. The fraction of sp³-hybridized carbons (Fsp3) is 0.944. The van der Waals surface area contributed by atoms with E-state index in [9.17, 15) is 9.90 Å². The fourth-order valence-electron chi connectivity index (χ4n) is 4.06. The number of piperidine rings is 1. The zero-order valence-electron chi connectivity index (χ0n) is 14.7. The van der Waals surface area contributed by atoms with Crippen molar-refractivity contribution in [2.45, 2.75) is 65.7 Å². The van der Waals surface area contributed by atoms with E-state index in [1.165, 1.54) is 32.1 Å². The van der Waals surface area contributed by atoms with Gasteiger partial charge in [0, 0.05) is 25.0 Å². The molecule has 4 heteroatoms. The summed E-state index contributed by atoms with van der Waals surface area (Å²) in [5, 5.41) is 12.7. The second-order valence-electron chi connectivity index (χ2n) is 8.48. The molecule has 1 atom stereocenters. The first-order chi connectivity index (χ1) is 10.4. The lowest BCUT2D eigenvalue weighted by Gasteiger charge is -2.41. The number of nitrogens with zero attached hydrogens (tertiary/aromatic N) is 1. The van der Waals surface area contributed by atoms with E-state index in [1.54, 1.807) is 0 Å². The Morgan fingerprint density at radius 1 is 1.27 bits per heavy atom. The van der Waals surface area contributed by atoms with Gasteiger partial charge >= 0.3 is 6.03 Å². The first-order valence-electron chi connectivity index (χ1n) is 9.00. The quantitative estimate of drug-likeness (QED) is 0.836. The van der Waals surface area contributed by atoms with Crippen LogP contribution in [0.1, 0.15) is 65.7 Å². The van der Waals surface area contributed by atoms with Crippen LogP contribution in [0.3, 0.4) is 0 Å². The van der Waals surface area contributed by atoms with Gasteiger partial charge in [-0.05, 0) is 37.0 Å². The number of urea groups is 1. The Kier molecular flexibility index (Phi) is 5.76. The van der Waals surface area contributed by atoms with Crippen molar-refractivity contribution in [3.8, 4) is 0 Å². The van der Waals surface area contributed by atoms with E-state index in [0.29, 0.717) is 6.54 Å². The summed E-state index contributed by atoms with van der Waals surface area (Å²) < 4.78 is 0. The van der Waals surface area contributed by atoms with Crippen LogP contribution in [0.15, 0.2) is 0 Å². The van der Waals surface area contributed by atoms with Crippen LogP contribution in [0.2, 0.25) is 0 Å². The van der Waals surface area contributed by atoms with E-state index < -0.39 is 0 Å². The van der Waals surface area contributed by atoms with Crippen molar-refractivity contribution in [3.05, 3.63) is 0 Å². The molecule has 1 saturated heterocycles. The molecule has 2 aliphatic rings. The number of nitrogens with one attached hydrogen (secondary N) is 1. The molecular weight excluding hydrogens is 276 g/mol. The Hall–Kier alpha value is -0.770. The molecule has 0 radical (unpaired) electrons. The largest absolute Gasteiger partial charge is 0.396 e. The summed E-state index contributed by atoms with van der Waals surface area (Å²) in [6.45, 7) is 9.03. The predicted molar refractivity (Wildman–Crippen MR) is 89.8 cm³/mol. The third-order valence-corrected chi connectivity index (χ3v) is 5.86. The summed E-state index contributed by atoms with van der Waals surface area (Å²) in [6, 6.07) is 0.0447. The van der Waals surface area contributed by atoms with Gasteiger partial charge in [0.05, 0.1) is 6.61 Å². The molecule has 2 fully saturated rings. The number of hydrogen-bond acceptors (Lipinski definition) is 2. The van der Waals surface area contributed by atoms with Crippen LogP contribution in [-0.4, -0.2) is 42.3 Å². The minimum Gasteiger partial charge on any atom is -0.396 e. The maximum atomic E-state index is 12.5. The minimum absolute atomic E-state index is 0.0447. The van der Waals surface area contributed by atoms with Gasteiger partial charge in [0.2, 0.25) is 0 Å². The van der Waals surface area contributed by atoms with E-state index in [0.717, 1.165) is 31.8 Å². The molecule has 128 valence electrons. The number of aliphatic hydroxyl groups excluding tert-OH is 1. The van der Waals surface area contributed by atoms with Crippen LogP contribution in [0.25, 0.3) is 0 Å². The van der Waals surface area contributed by atoms with Gasteiger partial charge < -0.3 is 15.3 Å². The van der Waals surface area contributed by atoms with Crippen LogP contribution < -0.4 is 5.32 Å². The molecule has 1 unspecified atom stereocenters. The van der Waals surface area contributed by atoms with Crippen molar-refractivity contribution in [1.29, 1.82) is 0 Å². The first-order valence-corrected chi connectivity index (χ1v) is 9.00. The van der Waals surface area contributed by atoms with Crippen LogP contribution >= 0.6 is 0 Å². The highest BCUT2D eigenvalue weighted by Gasteiger charge is 2.34. The number of carbonyl (C=O) groups is 1. The number of carbonyl (C=O) groups excluding carboxylic acids is 1. The lowest BCUT2D eigenvalue weighted by atomic mass is 9.71. The average molecular weight is 310 g/mol. The molecule has 2 amide bonds. The molecule has 2 rings (SSSR count). The van der Waals surface area contributed by atoms with Gasteiger partial charge in [0.1, 0.15) is 0 Å². The zero-order valence-corrected chi connectivity index (χ0v) is 14.7. The molecule has 0 aromatic rings. The highest BCUT2D eigenvalue weighted by atomic mass is 16.3. The average Bonchev–Trinajstić information content (AvgIpc) is 2.53. The highest BCUT2D eigenvalue weighted by Crippen LogP contribution is 2.37. The van der Waals surface area contributed by atoms with E-state index in [-0.39, 0.29) is 23.5 Å². The molecule has 0 aromatic carbocycles. The Bertz CT molecular complexity index is 377. The van der Waals surface area contributed by atoms with Gasteiger partial charge in [-0.3, -0.25) is 0 Å². The normalized spacial score (nSPS) is 27.7. The van der Waals surface area contributed by atoms with Gasteiger partial charge in [-0.2, -0.15) is 0 Å². The molecular formula is C18H34N2O2. The monoisotopic (exact) mass is 310 g/mol.